The quantitative estimate of drug-likeness (QED) is 0.272. The molecule has 0 aromatic carbocycles. The van der Waals surface area contributed by atoms with Crippen molar-refractivity contribution in [3.63, 3.8) is 0 Å². The number of hydrogen-bond acceptors (Lipinski definition) is 5. The second kappa shape index (κ2) is 27.3. The topological polar surface area (TPSA) is 80.3 Å². The Kier molecular flexibility index (Phi) is 36.1. The van der Waals surface area contributed by atoms with E-state index in [1.807, 2.05) is 0 Å². The number of thioether (sulfide) groups is 1. The van der Waals surface area contributed by atoms with Crippen LogP contribution in [0, 0.1) is 11.8 Å². The van der Waals surface area contributed by atoms with Crippen molar-refractivity contribution in [2.75, 3.05) is 11.5 Å². The molecule has 7 heteroatoms. The first-order valence-corrected chi connectivity index (χ1v) is 11.0. The minimum atomic E-state index is -1.37. The number of hydrogen-bond donors (Lipinski definition) is 0. The van der Waals surface area contributed by atoms with Crippen molar-refractivity contribution in [1.29, 1.82) is 0 Å². The van der Waals surface area contributed by atoms with Crippen LogP contribution in [0.2, 0.25) is 0 Å². The molecule has 2 atom stereocenters. The van der Waals surface area contributed by atoms with Crippen LogP contribution in [0.3, 0.4) is 0 Å². The molecule has 0 rings (SSSR count). The molecular formula is C20H38Na2O4S. The monoisotopic (exact) mass is 420 g/mol. The van der Waals surface area contributed by atoms with Gasteiger partial charge in [0.25, 0.3) is 0 Å². The van der Waals surface area contributed by atoms with Gasteiger partial charge in [-0.05, 0) is 49.0 Å². The van der Waals surface area contributed by atoms with E-state index in [2.05, 4.69) is 39.5 Å². The van der Waals surface area contributed by atoms with Gasteiger partial charge in [-0.2, -0.15) is 11.8 Å². The van der Waals surface area contributed by atoms with Gasteiger partial charge in [0.05, 0.1) is 0 Å². The largest absolute Gasteiger partial charge is 1.00 e. The molecule has 0 N–H and O–H groups in total. The zero-order valence-corrected chi connectivity index (χ0v) is 23.5. The van der Waals surface area contributed by atoms with Crippen molar-refractivity contribution in [3.05, 3.63) is 0 Å². The van der Waals surface area contributed by atoms with Crippen molar-refractivity contribution in [3.8, 4) is 0 Å². The molecule has 0 aliphatic rings. The van der Waals surface area contributed by atoms with E-state index in [4.69, 9.17) is 0 Å². The Bertz CT molecular complexity index is 301. The van der Waals surface area contributed by atoms with Crippen LogP contribution in [0.5, 0.6) is 0 Å². The number of carboxylic acid groups (broad SMARTS) is 2. The Morgan fingerprint density at radius 3 is 1.30 bits per heavy atom. The third-order valence-corrected chi connectivity index (χ3v) is 5.74. The summed E-state index contributed by atoms with van der Waals surface area (Å²) in [6, 6.07) is 0. The van der Waals surface area contributed by atoms with Crippen LogP contribution >= 0.6 is 11.8 Å². The SMILES string of the molecule is CCCCC(CC)CSCC(CC)CCCC.O=C([O-])CCC(=O)[O-].[Na+].[Na+]. The fourth-order valence-corrected chi connectivity index (χ4v) is 4.01. The van der Waals surface area contributed by atoms with E-state index in [0.717, 1.165) is 11.8 Å². The summed E-state index contributed by atoms with van der Waals surface area (Å²) >= 11 is 2.22. The van der Waals surface area contributed by atoms with Gasteiger partial charge in [-0.1, -0.05) is 66.2 Å². The molecule has 27 heavy (non-hydrogen) atoms. The van der Waals surface area contributed by atoms with E-state index in [1.165, 1.54) is 62.9 Å². The number of rotatable bonds is 15. The number of unbranched alkanes of at least 4 members (excludes halogenated alkanes) is 2. The molecule has 0 bridgehead atoms. The smallest absolute Gasteiger partial charge is 0.550 e. The number of carbonyl (C=O) groups is 2. The normalized spacial score (nSPS) is 11.9. The van der Waals surface area contributed by atoms with Gasteiger partial charge in [-0.25, -0.2) is 0 Å². The van der Waals surface area contributed by atoms with Crippen molar-refractivity contribution in [2.24, 2.45) is 11.8 Å². The molecule has 0 aliphatic carbocycles. The van der Waals surface area contributed by atoms with Gasteiger partial charge >= 0.3 is 59.1 Å². The summed E-state index contributed by atoms with van der Waals surface area (Å²) < 4.78 is 0. The molecule has 2 unspecified atom stereocenters. The molecule has 0 spiro atoms. The molecule has 0 fully saturated rings. The summed E-state index contributed by atoms with van der Waals surface area (Å²) in [4.78, 5) is 19.0. The molecule has 0 aromatic rings. The summed E-state index contributed by atoms with van der Waals surface area (Å²) in [7, 11) is 0. The van der Waals surface area contributed by atoms with Gasteiger partial charge < -0.3 is 19.8 Å². The predicted molar refractivity (Wildman–Crippen MR) is 103 cm³/mol. The molecule has 0 saturated carbocycles. The third kappa shape index (κ3) is 29.6. The second-order valence-electron chi connectivity index (χ2n) is 6.61. The van der Waals surface area contributed by atoms with E-state index >= 15 is 0 Å². The fraction of sp³-hybridized carbons (Fsp3) is 0.900. The van der Waals surface area contributed by atoms with Crippen molar-refractivity contribution >= 4 is 23.7 Å². The molecule has 150 valence electrons. The first-order valence-electron chi connectivity index (χ1n) is 9.88. The van der Waals surface area contributed by atoms with E-state index in [9.17, 15) is 19.8 Å². The second-order valence-corrected chi connectivity index (χ2v) is 7.69. The van der Waals surface area contributed by atoms with E-state index < -0.39 is 24.8 Å². The molecule has 4 nitrogen and oxygen atoms in total. The number of carbonyl (C=O) groups excluding carboxylic acids is 2. The van der Waals surface area contributed by atoms with Crippen LogP contribution in [0.1, 0.15) is 91.9 Å². The van der Waals surface area contributed by atoms with E-state index in [-0.39, 0.29) is 59.1 Å². The van der Waals surface area contributed by atoms with Crippen LogP contribution < -0.4 is 69.3 Å². The third-order valence-electron chi connectivity index (χ3n) is 4.33. The summed E-state index contributed by atoms with van der Waals surface area (Å²) in [6.07, 6.45) is 10.3. The standard InChI is InChI=1S/C16H34S.C4H6O4.2Na/c1-5-9-11-15(7-3)13-17-14-16(8-4)12-10-6-2;5-3(6)1-2-4(7)8;;/h15-16H,5-14H2,1-4H3;1-2H2,(H,5,6)(H,7,8);;/q;;2*+1/p-2. The van der Waals surface area contributed by atoms with Crippen LogP contribution in [-0.2, 0) is 9.59 Å². The Hall–Kier alpha value is 1.29. The Labute approximate surface area is 216 Å². The summed E-state index contributed by atoms with van der Waals surface area (Å²) in [5, 5.41) is 19.0. The first-order chi connectivity index (χ1) is 11.9. The Balaban J connectivity index is -0.000000226. The van der Waals surface area contributed by atoms with Gasteiger partial charge in [0, 0.05) is 11.9 Å². The molecule has 0 aliphatic heterocycles. The van der Waals surface area contributed by atoms with Gasteiger partial charge in [-0.3, -0.25) is 0 Å². The van der Waals surface area contributed by atoms with Gasteiger partial charge in [0.1, 0.15) is 0 Å². The molecule has 0 heterocycles. The molecule has 0 radical (unpaired) electrons. The summed E-state index contributed by atoms with van der Waals surface area (Å²) in [5.74, 6) is 2.02. The van der Waals surface area contributed by atoms with Crippen molar-refractivity contribution in [2.45, 2.75) is 91.9 Å². The molecule has 0 amide bonds. The summed E-state index contributed by atoms with van der Waals surface area (Å²) in [6.45, 7) is 9.32. The average Bonchev–Trinajstić information content (AvgIpc) is 2.59. The minimum Gasteiger partial charge on any atom is -0.550 e. The van der Waals surface area contributed by atoms with Gasteiger partial charge in [-0.15, -0.1) is 0 Å². The predicted octanol–water partition coefficient (Wildman–Crippen LogP) is -2.57. The number of carboxylic acids is 2. The van der Waals surface area contributed by atoms with E-state index in [1.54, 1.807) is 0 Å². The average molecular weight is 421 g/mol. The molecule has 0 aromatic heterocycles. The van der Waals surface area contributed by atoms with Gasteiger partial charge in [0.15, 0.2) is 0 Å². The van der Waals surface area contributed by atoms with Crippen molar-refractivity contribution in [1.82, 2.24) is 0 Å². The van der Waals surface area contributed by atoms with E-state index in [0.29, 0.717) is 0 Å². The maximum atomic E-state index is 9.50. The van der Waals surface area contributed by atoms with Crippen molar-refractivity contribution < 1.29 is 78.9 Å². The minimum absolute atomic E-state index is 0. The fourth-order valence-electron chi connectivity index (χ4n) is 2.40. The molecule has 0 saturated heterocycles. The number of aliphatic carboxylic acids is 2. The van der Waals surface area contributed by atoms with Gasteiger partial charge in [0.2, 0.25) is 0 Å². The Morgan fingerprint density at radius 1 is 0.741 bits per heavy atom. The first kappa shape index (κ1) is 35.7. The zero-order valence-electron chi connectivity index (χ0n) is 18.7. The maximum absolute atomic E-state index is 9.50. The zero-order chi connectivity index (χ0) is 19.5. The van der Waals surface area contributed by atoms with Crippen LogP contribution in [-0.4, -0.2) is 23.4 Å². The maximum Gasteiger partial charge on any atom is 1.00 e. The molecular weight excluding hydrogens is 382 g/mol. The Morgan fingerprint density at radius 2 is 1.07 bits per heavy atom. The van der Waals surface area contributed by atoms with Crippen LogP contribution in [0.4, 0.5) is 0 Å². The van der Waals surface area contributed by atoms with Crippen LogP contribution in [0.15, 0.2) is 0 Å². The summed E-state index contributed by atoms with van der Waals surface area (Å²) in [5.41, 5.74) is 0. The van der Waals surface area contributed by atoms with Crippen LogP contribution in [0.25, 0.3) is 0 Å².